The zero-order valence-corrected chi connectivity index (χ0v) is 20.4. The molecule has 10 heteroatoms. The van der Waals surface area contributed by atoms with Crippen LogP contribution in [0.1, 0.15) is 32.6 Å². The Bertz CT molecular complexity index is 322. The molecule has 0 aromatic carbocycles. The van der Waals surface area contributed by atoms with E-state index in [1.165, 1.54) is 0 Å². The van der Waals surface area contributed by atoms with Crippen molar-refractivity contribution >= 4 is 17.6 Å². The number of hydrogen-bond donors (Lipinski definition) is 0. The Morgan fingerprint density at radius 3 is 1.26 bits per heavy atom. The van der Waals surface area contributed by atoms with E-state index in [0.29, 0.717) is 13.2 Å². The maximum atomic E-state index is 6.16. The topological polar surface area (TPSA) is 73.8 Å². The van der Waals surface area contributed by atoms with E-state index in [-0.39, 0.29) is 5.60 Å². The van der Waals surface area contributed by atoms with Gasteiger partial charge in [-0.1, -0.05) is 0 Å². The predicted molar refractivity (Wildman–Crippen MR) is 108 cm³/mol. The van der Waals surface area contributed by atoms with Gasteiger partial charge in [-0.25, -0.2) is 0 Å². The Morgan fingerprint density at radius 1 is 0.593 bits per heavy atom. The zero-order chi connectivity index (χ0) is 20.8. The molecule has 0 aromatic heterocycles. The van der Waals surface area contributed by atoms with Gasteiger partial charge in [0, 0.05) is 61.9 Å². The molecular formula is C17H40O8Si2. The summed E-state index contributed by atoms with van der Waals surface area (Å²) in [5.41, 5.74) is -0.288. The molecule has 0 N–H and O–H groups in total. The van der Waals surface area contributed by atoms with Crippen molar-refractivity contribution in [2.24, 2.45) is 0 Å². The fourth-order valence-corrected chi connectivity index (χ4v) is 6.56. The van der Waals surface area contributed by atoms with E-state index in [4.69, 9.17) is 36.0 Å². The van der Waals surface area contributed by atoms with Crippen LogP contribution in [-0.4, -0.2) is 86.2 Å². The molecule has 0 aromatic rings. The molecule has 0 spiro atoms. The second-order valence-electron chi connectivity index (χ2n) is 6.59. The van der Waals surface area contributed by atoms with Gasteiger partial charge in [0.15, 0.2) is 0 Å². The van der Waals surface area contributed by atoms with Crippen LogP contribution in [0.3, 0.4) is 0 Å². The van der Waals surface area contributed by atoms with E-state index in [1.807, 2.05) is 0 Å². The number of ether oxygens (including phenoxy) is 2. The molecule has 0 saturated carbocycles. The molecular weight excluding hydrogens is 388 g/mol. The number of rotatable bonds is 18. The molecule has 0 aliphatic carbocycles. The smallest absolute Gasteiger partial charge is 0.382 e. The first-order valence-electron chi connectivity index (χ1n) is 9.28. The lowest BCUT2D eigenvalue weighted by Gasteiger charge is -2.33. The molecule has 0 saturated heterocycles. The minimum absolute atomic E-state index is 0.288. The second kappa shape index (κ2) is 14.2. The lowest BCUT2D eigenvalue weighted by molar-refractivity contribution is -0.0627. The zero-order valence-electron chi connectivity index (χ0n) is 18.4. The van der Waals surface area contributed by atoms with E-state index in [1.54, 1.807) is 49.8 Å². The van der Waals surface area contributed by atoms with Crippen LogP contribution in [0.15, 0.2) is 0 Å². The van der Waals surface area contributed by atoms with Crippen molar-refractivity contribution in [3.63, 3.8) is 0 Å². The van der Waals surface area contributed by atoms with Crippen molar-refractivity contribution in [2.45, 2.75) is 50.3 Å². The molecule has 0 rings (SSSR count). The van der Waals surface area contributed by atoms with E-state index < -0.39 is 17.6 Å². The summed E-state index contributed by atoms with van der Waals surface area (Å²) < 4.78 is 44.3. The number of methoxy groups -OCH3 is 1. The van der Waals surface area contributed by atoms with Crippen molar-refractivity contribution in [3.05, 3.63) is 0 Å². The van der Waals surface area contributed by atoms with Crippen molar-refractivity contribution in [2.75, 3.05) is 63.0 Å². The highest BCUT2D eigenvalue weighted by atomic mass is 28.4. The van der Waals surface area contributed by atoms with Gasteiger partial charge in [-0.15, -0.1) is 0 Å². The molecule has 0 amide bonds. The monoisotopic (exact) mass is 428 g/mol. The van der Waals surface area contributed by atoms with E-state index in [2.05, 4.69) is 6.92 Å². The minimum Gasteiger partial charge on any atom is -0.382 e. The molecule has 0 atom stereocenters. The molecule has 0 unspecified atom stereocenters. The average Bonchev–Trinajstić information content (AvgIpc) is 2.70. The third-order valence-corrected chi connectivity index (χ3v) is 10.6. The maximum absolute atomic E-state index is 6.16. The van der Waals surface area contributed by atoms with Crippen molar-refractivity contribution < 1.29 is 36.0 Å². The summed E-state index contributed by atoms with van der Waals surface area (Å²) in [5, 5.41) is 0. The average molecular weight is 429 g/mol. The standard InChI is InChI=1S/C17H40O8Si2/c1-17(25-14-13-18-2,11-9-15-26(19-3,20-4)21-5)12-10-16-27(22-6,23-7)24-8/h9-16H2,1-8H3. The Kier molecular flexibility index (Phi) is 14.2. The molecule has 0 bridgehead atoms. The van der Waals surface area contributed by atoms with Crippen LogP contribution < -0.4 is 0 Å². The summed E-state index contributed by atoms with van der Waals surface area (Å²) in [6.45, 7) is 3.25. The summed E-state index contributed by atoms with van der Waals surface area (Å²) >= 11 is 0. The van der Waals surface area contributed by atoms with Gasteiger partial charge in [-0.05, 0) is 32.6 Å². The third kappa shape index (κ3) is 9.44. The lowest BCUT2D eigenvalue weighted by atomic mass is 9.95. The van der Waals surface area contributed by atoms with Gasteiger partial charge in [-0.2, -0.15) is 0 Å². The van der Waals surface area contributed by atoms with Gasteiger partial charge < -0.3 is 36.0 Å². The summed E-state index contributed by atoms with van der Waals surface area (Å²) in [4.78, 5) is 0. The SMILES string of the molecule is COCCOC(C)(CCC[Si](OC)(OC)OC)CCC[Si](OC)(OC)OC. The predicted octanol–water partition coefficient (Wildman–Crippen LogP) is 2.72. The molecule has 0 fully saturated rings. The fraction of sp³-hybridized carbons (Fsp3) is 1.00. The van der Waals surface area contributed by atoms with Gasteiger partial charge >= 0.3 is 17.6 Å². The van der Waals surface area contributed by atoms with E-state index in [9.17, 15) is 0 Å². The van der Waals surface area contributed by atoms with Gasteiger partial charge in [0.05, 0.1) is 18.8 Å². The van der Waals surface area contributed by atoms with Crippen molar-refractivity contribution in [1.29, 1.82) is 0 Å². The van der Waals surface area contributed by atoms with Crippen LogP contribution in [0.5, 0.6) is 0 Å². The summed E-state index contributed by atoms with van der Waals surface area (Å²) in [7, 11) is 6.36. The second-order valence-corrected chi connectivity index (χ2v) is 12.8. The van der Waals surface area contributed by atoms with Gasteiger partial charge in [0.25, 0.3) is 0 Å². The summed E-state index contributed by atoms with van der Waals surface area (Å²) in [5.74, 6) is 0. The normalized spacial score (nSPS) is 13.3. The largest absolute Gasteiger partial charge is 0.500 e. The number of hydrogen-bond acceptors (Lipinski definition) is 8. The van der Waals surface area contributed by atoms with Gasteiger partial charge in [0.2, 0.25) is 0 Å². The molecule has 0 radical (unpaired) electrons. The van der Waals surface area contributed by atoms with Crippen molar-refractivity contribution in [3.8, 4) is 0 Å². The first-order chi connectivity index (χ1) is 12.8. The quantitative estimate of drug-likeness (QED) is 0.244. The molecule has 8 nitrogen and oxygen atoms in total. The lowest BCUT2D eigenvalue weighted by Crippen LogP contribution is -2.44. The first-order valence-corrected chi connectivity index (χ1v) is 13.1. The Balaban J connectivity index is 4.79. The van der Waals surface area contributed by atoms with Crippen LogP contribution in [0.4, 0.5) is 0 Å². The Morgan fingerprint density at radius 2 is 0.963 bits per heavy atom. The molecule has 0 aliphatic heterocycles. The van der Waals surface area contributed by atoms with E-state index in [0.717, 1.165) is 37.8 Å². The van der Waals surface area contributed by atoms with Crippen LogP contribution >= 0.6 is 0 Å². The van der Waals surface area contributed by atoms with Crippen LogP contribution in [0.2, 0.25) is 12.1 Å². The van der Waals surface area contributed by atoms with Crippen molar-refractivity contribution in [1.82, 2.24) is 0 Å². The highest BCUT2D eigenvalue weighted by Crippen LogP contribution is 2.29. The highest BCUT2D eigenvalue weighted by Gasteiger charge is 2.40. The first kappa shape index (κ1) is 27.1. The Labute approximate surface area is 167 Å². The van der Waals surface area contributed by atoms with Crippen LogP contribution in [0, 0.1) is 0 Å². The maximum Gasteiger partial charge on any atom is 0.500 e. The Hall–Kier alpha value is 0.114. The van der Waals surface area contributed by atoms with Gasteiger partial charge in [0.1, 0.15) is 0 Å². The fourth-order valence-electron chi connectivity index (χ4n) is 3.11. The van der Waals surface area contributed by atoms with E-state index >= 15 is 0 Å². The minimum atomic E-state index is -2.57. The molecule has 0 heterocycles. The highest BCUT2D eigenvalue weighted by molar-refractivity contribution is 6.60. The molecule has 0 aliphatic rings. The van der Waals surface area contributed by atoms with Crippen LogP contribution in [0.25, 0.3) is 0 Å². The third-order valence-electron chi connectivity index (χ3n) is 4.98. The van der Waals surface area contributed by atoms with Gasteiger partial charge in [-0.3, -0.25) is 0 Å². The molecule has 164 valence electrons. The van der Waals surface area contributed by atoms with Crippen LogP contribution in [-0.2, 0) is 36.0 Å². The molecule has 27 heavy (non-hydrogen) atoms. The summed E-state index contributed by atoms with van der Waals surface area (Å²) in [6, 6.07) is 1.49. The summed E-state index contributed by atoms with van der Waals surface area (Å²) in [6.07, 6.45) is 3.49.